The molecule has 1 heterocycles. The molecule has 0 aliphatic heterocycles. The third kappa shape index (κ3) is 6.84. The molecule has 5 nitrogen and oxygen atoms in total. The van der Waals surface area contributed by atoms with Crippen molar-refractivity contribution in [1.29, 1.82) is 0 Å². The summed E-state index contributed by atoms with van der Waals surface area (Å²) >= 11 is 11.1. The van der Waals surface area contributed by atoms with Crippen molar-refractivity contribution in [3.63, 3.8) is 0 Å². The molecule has 0 radical (unpaired) electrons. The molecule has 152 valence electrons. The second-order valence-electron chi connectivity index (χ2n) is 6.40. The maximum Gasteiger partial charge on any atom is 0.269 e. The highest BCUT2D eigenvalue weighted by molar-refractivity contribution is 6.55. The standard InChI is InChI=1S/C20H24Cl2FN3O2/c1-14-12-16(26(2)25-14)20(27)24-13-15-8-7-9-17(19(15)23)28-11-6-4-3-5-10-18(21)22/h7-10,12H,3-6,11,13H2,1-2H3,(H,24,27). The zero-order valence-electron chi connectivity index (χ0n) is 16.0. The van der Waals surface area contributed by atoms with E-state index in [9.17, 15) is 9.18 Å². The van der Waals surface area contributed by atoms with E-state index in [1.54, 1.807) is 44.3 Å². The quantitative estimate of drug-likeness (QED) is 0.539. The van der Waals surface area contributed by atoms with E-state index in [1.165, 1.54) is 4.68 Å². The lowest BCUT2D eigenvalue weighted by Gasteiger charge is -2.11. The molecule has 1 aromatic heterocycles. The normalized spacial score (nSPS) is 10.6. The molecular formula is C20H24Cl2FN3O2. The minimum atomic E-state index is -0.458. The molecule has 0 saturated carbocycles. The summed E-state index contributed by atoms with van der Waals surface area (Å²) in [6.45, 7) is 2.29. The first-order valence-electron chi connectivity index (χ1n) is 9.08. The van der Waals surface area contributed by atoms with Crippen molar-refractivity contribution in [2.45, 2.75) is 39.2 Å². The molecule has 2 aromatic rings. The van der Waals surface area contributed by atoms with Gasteiger partial charge in [-0.05, 0) is 44.7 Å². The fourth-order valence-corrected chi connectivity index (χ4v) is 2.93. The minimum Gasteiger partial charge on any atom is -0.491 e. The van der Waals surface area contributed by atoms with Crippen LogP contribution < -0.4 is 10.1 Å². The number of carbonyl (C=O) groups is 1. The highest BCUT2D eigenvalue weighted by atomic mass is 35.5. The Morgan fingerprint density at radius 1 is 1.32 bits per heavy atom. The van der Waals surface area contributed by atoms with Gasteiger partial charge in [-0.1, -0.05) is 41.4 Å². The predicted molar refractivity (Wildman–Crippen MR) is 109 cm³/mol. The van der Waals surface area contributed by atoms with Crippen molar-refractivity contribution in [2.75, 3.05) is 6.61 Å². The van der Waals surface area contributed by atoms with Crippen molar-refractivity contribution >= 4 is 29.1 Å². The fourth-order valence-electron chi connectivity index (χ4n) is 2.71. The lowest BCUT2D eigenvalue weighted by atomic mass is 10.2. The molecule has 0 fully saturated rings. The van der Waals surface area contributed by atoms with E-state index in [1.807, 2.05) is 0 Å². The van der Waals surface area contributed by atoms with E-state index >= 15 is 0 Å². The number of hydrogen-bond donors (Lipinski definition) is 1. The van der Waals surface area contributed by atoms with Gasteiger partial charge in [-0.25, -0.2) is 4.39 Å². The number of allylic oxidation sites excluding steroid dienone is 1. The average Bonchev–Trinajstić information content (AvgIpc) is 2.99. The van der Waals surface area contributed by atoms with Gasteiger partial charge in [-0.3, -0.25) is 9.48 Å². The zero-order valence-corrected chi connectivity index (χ0v) is 17.5. The Bertz CT molecular complexity index is 833. The summed E-state index contributed by atoms with van der Waals surface area (Å²) < 4.78 is 21.9. The molecule has 28 heavy (non-hydrogen) atoms. The molecule has 2 rings (SSSR count). The molecule has 0 unspecified atom stereocenters. The second kappa shape index (κ2) is 11.1. The smallest absolute Gasteiger partial charge is 0.269 e. The Morgan fingerprint density at radius 3 is 2.79 bits per heavy atom. The van der Waals surface area contributed by atoms with E-state index in [2.05, 4.69) is 10.4 Å². The molecule has 1 aromatic carbocycles. The van der Waals surface area contributed by atoms with E-state index < -0.39 is 5.82 Å². The van der Waals surface area contributed by atoms with Crippen LogP contribution in [0.4, 0.5) is 4.39 Å². The lowest BCUT2D eigenvalue weighted by Crippen LogP contribution is -2.25. The number of hydrogen-bond acceptors (Lipinski definition) is 3. The van der Waals surface area contributed by atoms with Gasteiger partial charge in [0.25, 0.3) is 5.91 Å². The molecule has 8 heteroatoms. The number of rotatable bonds is 10. The summed E-state index contributed by atoms with van der Waals surface area (Å²) in [5.74, 6) is -0.576. The minimum absolute atomic E-state index is 0.0671. The summed E-state index contributed by atoms with van der Waals surface area (Å²) in [4.78, 5) is 12.2. The van der Waals surface area contributed by atoms with Crippen LogP contribution in [-0.4, -0.2) is 22.3 Å². The number of unbranched alkanes of at least 4 members (excludes halogenated alkanes) is 3. The lowest BCUT2D eigenvalue weighted by molar-refractivity contribution is 0.0941. The molecule has 0 aliphatic carbocycles. The Kier molecular flexibility index (Phi) is 8.80. The van der Waals surface area contributed by atoms with Crippen molar-refractivity contribution in [1.82, 2.24) is 15.1 Å². The Hall–Kier alpha value is -2.05. The van der Waals surface area contributed by atoms with E-state index in [4.69, 9.17) is 27.9 Å². The molecule has 0 saturated heterocycles. The van der Waals surface area contributed by atoms with Gasteiger partial charge < -0.3 is 10.1 Å². The fraction of sp³-hybridized carbons (Fsp3) is 0.400. The van der Waals surface area contributed by atoms with Crippen molar-refractivity contribution in [2.24, 2.45) is 7.05 Å². The number of carbonyl (C=O) groups excluding carboxylic acids is 1. The molecule has 0 spiro atoms. The van der Waals surface area contributed by atoms with E-state index in [-0.39, 0.29) is 22.7 Å². The van der Waals surface area contributed by atoms with Crippen LogP contribution in [0.2, 0.25) is 0 Å². The van der Waals surface area contributed by atoms with Crippen LogP contribution >= 0.6 is 23.2 Å². The summed E-state index contributed by atoms with van der Waals surface area (Å²) in [6, 6.07) is 6.60. The van der Waals surface area contributed by atoms with Gasteiger partial charge in [0.15, 0.2) is 11.6 Å². The predicted octanol–water partition coefficient (Wildman–Crippen LogP) is 5.06. The number of ether oxygens (including phenoxy) is 1. The molecule has 1 N–H and O–H groups in total. The largest absolute Gasteiger partial charge is 0.491 e. The summed E-state index contributed by atoms with van der Waals surface area (Å²) in [5, 5.41) is 6.85. The molecule has 1 amide bonds. The number of nitrogens with zero attached hydrogens (tertiary/aromatic N) is 2. The van der Waals surface area contributed by atoms with Crippen molar-refractivity contribution < 1.29 is 13.9 Å². The average molecular weight is 428 g/mol. The Labute approximate surface area is 174 Å². The molecular weight excluding hydrogens is 404 g/mol. The zero-order chi connectivity index (χ0) is 20.5. The maximum absolute atomic E-state index is 14.6. The van der Waals surface area contributed by atoms with Gasteiger partial charge in [-0.2, -0.15) is 5.10 Å². The van der Waals surface area contributed by atoms with Crippen LogP contribution in [-0.2, 0) is 13.6 Å². The summed E-state index contributed by atoms with van der Waals surface area (Å²) in [6.07, 6.45) is 5.23. The van der Waals surface area contributed by atoms with Crippen molar-refractivity contribution in [3.05, 3.63) is 57.6 Å². The van der Waals surface area contributed by atoms with Gasteiger partial charge in [0.05, 0.1) is 12.3 Å². The first-order chi connectivity index (χ1) is 13.4. The SMILES string of the molecule is Cc1cc(C(=O)NCc2cccc(OCCCCCC=C(Cl)Cl)c2F)n(C)n1. The number of aryl methyl sites for hydroxylation is 2. The van der Waals surface area contributed by atoms with Crippen LogP contribution in [0.25, 0.3) is 0 Å². The van der Waals surface area contributed by atoms with Crippen LogP contribution in [0.15, 0.2) is 34.8 Å². The van der Waals surface area contributed by atoms with Gasteiger partial charge in [0.1, 0.15) is 10.2 Å². The Morgan fingerprint density at radius 2 is 2.11 bits per heavy atom. The number of nitrogens with one attached hydrogen (secondary N) is 1. The second-order valence-corrected chi connectivity index (χ2v) is 7.41. The Balaban J connectivity index is 1.82. The van der Waals surface area contributed by atoms with E-state index in [0.29, 0.717) is 17.9 Å². The number of halogens is 3. The maximum atomic E-state index is 14.6. The van der Waals surface area contributed by atoms with E-state index in [0.717, 1.165) is 31.4 Å². The molecule has 0 aliphatic rings. The first-order valence-corrected chi connectivity index (χ1v) is 9.84. The number of amides is 1. The van der Waals surface area contributed by atoms with Crippen LogP contribution in [0, 0.1) is 12.7 Å². The summed E-state index contributed by atoms with van der Waals surface area (Å²) in [7, 11) is 1.69. The van der Waals surface area contributed by atoms with Gasteiger partial charge in [-0.15, -0.1) is 0 Å². The monoisotopic (exact) mass is 427 g/mol. The third-order valence-corrected chi connectivity index (χ3v) is 4.43. The highest BCUT2D eigenvalue weighted by Gasteiger charge is 2.14. The highest BCUT2D eigenvalue weighted by Crippen LogP contribution is 2.21. The van der Waals surface area contributed by atoms with Gasteiger partial charge in [0, 0.05) is 19.2 Å². The van der Waals surface area contributed by atoms with Gasteiger partial charge >= 0.3 is 0 Å². The van der Waals surface area contributed by atoms with Crippen LogP contribution in [0.1, 0.15) is 47.4 Å². The summed E-state index contributed by atoms with van der Waals surface area (Å²) in [5.41, 5.74) is 1.54. The number of benzene rings is 1. The number of aromatic nitrogens is 2. The molecule has 0 bridgehead atoms. The first kappa shape index (κ1) is 22.2. The topological polar surface area (TPSA) is 56.1 Å². The third-order valence-electron chi connectivity index (χ3n) is 4.12. The van der Waals surface area contributed by atoms with Gasteiger partial charge in [0.2, 0.25) is 0 Å². The molecule has 0 atom stereocenters. The van der Waals surface area contributed by atoms with Crippen LogP contribution in [0.5, 0.6) is 5.75 Å². The van der Waals surface area contributed by atoms with Crippen molar-refractivity contribution in [3.8, 4) is 5.75 Å². The van der Waals surface area contributed by atoms with Crippen LogP contribution in [0.3, 0.4) is 0 Å².